The quantitative estimate of drug-likeness (QED) is 0.752. The first-order valence-corrected chi connectivity index (χ1v) is 5.37. The van der Waals surface area contributed by atoms with E-state index in [1.165, 1.54) is 5.54 Å². The Kier molecular flexibility index (Phi) is 6.02. The molecule has 0 aliphatic rings. The lowest BCUT2D eigenvalue weighted by Gasteiger charge is -2.29. The van der Waals surface area contributed by atoms with Crippen LogP contribution in [0.5, 0.6) is 0 Å². The van der Waals surface area contributed by atoms with Crippen LogP contribution in [-0.4, -0.2) is 13.1 Å². The van der Waals surface area contributed by atoms with E-state index in [-0.39, 0.29) is 0 Å². The average Bonchev–Trinajstić information content (AvgIpc) is 2.03. The van der Waals surface area contributed by atoms with Crippen LogP contribution in [-0.2, 0) is 0 Å². The van der Waals surface area contributed by atoms with Gasteiger partial charge >= 0.3 is 0 Å². The second-order valence-corrected chi connectivity index (χ2v) is 5.01. The van der Waals surface area contributed by atoms with Crippen LogP contribution in [0.15, 0.2) is 10.6 Å². The molecule has 13 heavy (non-hydrogen) atoms. The molecule has 0 saturated heterocycles. The zero-order valence-electron chi connectivity index (χ0n) is 8.82. The van der Waals surface area contributed by atoms with Gasteiger partial charge in [-0.1, -0.05) is 50.9 Å². The van der Waals surface area contributed by atoms with E-state index >= 15 is 0 Å². The van der Waals surface area contributed by atoms with Crippen LogP contribution in [0.1, 0.15) is 27.7 Å². The van der Waals surface area contributed by atoms with E-state index in [0.29, 0.717) is 22.9 Å². The van der Waals surface area contributed by atoms with Crippen molar-refractivity contribution in [3.05, 3.63) is 10.6 Å². The van der Waals surface area contributed by atoms with E-state index < -0.39 is 0 Å². The van der Waals surface area contributed by atoms with Gasteiger partial charge in [0.1, 0.15) is 0 Å². The summed E-state index contributed by atoms with van der Waals surface area (Å²) in [4.78, 5) is 0. The molecule has 0 spiro atoms. The van der Waals surface area contributed by atoms with Gasteiger partial charge in [0.15, 0.2) is 0 Å². The highest BCUT2D eigenvalue weighted by atomic mass is 35.5. The highest BCUT2D eigenvalue weighted by molar-refractivity contribution is 6.36. The molecule has 0 aliphatic heterocycles. The lowest BCUT2D eigenvalue weighted by molar-refractivity contribution is 0.241. The van der Waals surface area contributed by atoms with Gasteiger partial charge in [0, 0.05) is 23.7 Å². The molecule has 0 radical (unpaired) electrons. The van der Waals surface area contributed by atoms with Gasteiger partial charge in [-0.05, 0) is 11.3 Å². The average molecular weight is 224 g/mol. The summed E-state index contributed by atoms with van der Waals surface area (Å²) in [6, 6.07) is 0. The molecular weight excluding hydrogens is 205 g/mol. The van der Waals surface area contributed by atoms with E-state index in [4.69, 9.17) is 23.2 Å². The zero-order valence-corrected chi connectivity index (χ0v) is 10.3. The molecule has 0 aromatic heterocycles. The largest absolute Gasteiger partial charge is 0.311 e. The van der Waals surface area contributed by atoms with Gasteiger partial charge in [-0.25, -0.2) is 0 Å². The summed E-state index contributed by atoms with van der Waals surface area (Å²) in [7, 11) is 0. The van der Waals surface area contributed by atoms with Crippen LogP contribution in [0.4, 0.5) is 0 Å². The third-order valence-electron chi connectivity index (χ3n) is 2.56. The van der Waals surface area contributed by atoms with Gasteiger partial charge in [-0.3, -0.25) is 0 Å². The van der Waals surface area contributed by atoms with Crippen molar-refractivity contribution in [3.63, 3.8) is 0 Å². The molecular formula is C10H19Cl2N. The Bertz CT molecular complexity index is 174. The predicted molar refractivity (Wildman–Crippen MR) is 61.3 cm³/mol. The van der Waals surface area contributed by atoms with E-state index in [9.17, 15) is 0 Å². The Balaban J connectivity index is 3.76. The molecule has 0 fully saturated rings. The molecule has 0 aromatic rings. The lowest BCUT2D eigenvalue weighted by atomic mass is 9.81. The molecule has 1 N–H and O–H groups in total. The SMILES string of the molecule is CC(C)C(C)(C)CNCC(Cl)=CCl. The number of rotatable bonds is 5. The molecule has 0 heterocycles. The first kappa shape index (κ1) is 13.3. The van der Waals surface area contributed by atoms with Gasteiger partial charge in [0.05, 0.1) is 0 Å². The molecule has 0 saturated carbocycles. The smallest absolute Gasteiger partial charge is 0.0431 e. The Morgan fingerprint density at radius 1 is 1.46 bits per heavy atom. The molecule has 0 bridgehead atoms. The maximum absolute atomic E-state index is 5.74. The normalized spacial score (nSPS) is 13.9. The van der Waals surface area contributed by atoms with Crippen LogP contribution in [0.2, 0.25) is 0 Å². The fourth-order valence-corrected chi connectivity index (χ4v) is 0.918. The monoisotopic (exact) mass is 223 g/mol. The Hall–Kier alpha value is 0.280. The van der Waals surface area contributed by atoms with Crippen LogP contribution in [0, 0.1) is 11.3 Å². The van der Waals surface area contributed by atoms with Crippen molar-refractivity contribution in [2.24, 2.45) is 11.3 Å². The molecule has 0 aromatic carbocycles. The summed E-state index contributed by atoms with van der Waals surface area (Å²) in [5.41, 5.74) is 1.69. The summed E-state index contributed by atoms with van der Waals surface area (Å²) in [6.45, 7) is 10.5. The summed E-state index contributed by atoms with van der Waals surface area (Å²) in [5, 5.41) is 3.93. The third-order valence-corrected chi connectivity index (χ3v) is 3.17. The van der Waals surface area contributed by atoms with E-state index in [1.807, 2.05) is 0 Å². The van der Waals surface area contributed by atoms with E-state index in [0.717, 1.165) is 6.54 Å². The number of hydrogen-bond acceptors (Lipinski definition) is 1. The van der Waals surface area contributed by atoms with Crippen molar-refractivity contribution in [2.75, 3.05) is 13.1 Å². The van der Waals surface area contributed by atoms with Crippen molar-refractivity contribution >= 4 is 23.2 Å². The van der Waals surface area contributed by atoms with E-state index in [2.05, 4.69) is 33.0 Å². The fraction of sp³-hybridized carbons (Fsp3) is 0.800. The van der Waals surface area contributed by atoms with Crippen molar-refractivity contribution in [3.8, 4) is 0 Å². The standard InChI is InChI=1S/C10H19Cl2N/c1-8(2)10(3,4)7-13-6-9(12)5-11/h5,8,13H,6-7H2,1-4H3. The lowest BCUT2D eigenvalue weighted by Crippen LogP contribution is -2.34. The van der Waals surface area contributed by atoms with Gasteiger partial charge in [0.2, 0.25) is 0 Å². The maximum Gasteiger partial charge on any atom is 0.0431 e. The van der Waals surface area contributed by atoms with Crippen LogP contribution in [0.3, 0.4) is 0 Å². The van der Waals surface area contributed by atoms with Crippen LogP contribution < -0.4 is 5.32 Å². The van der Waals surface area contributed by atoms with E-state index in [1.54, 1.807) is 0 Å². The topological polar surface area (TPSA) is 12.0 Å². The molecule has 0 rings (SSSR count). The summed E-state index contributed by atoms with van der Waals surface area (Å²) < 4.78 is 0. The minimum Gasteiger partial charge on any atom is -0.311 e. The fourth-order valence-electron chi connectivity index (χ4n) is 0.747. The Morgan fingerprint density at radius 3 is 2.38 bits per heavy atom. The van der Waals surface area contributed by atoms with Gasteiger partial charge in [0.25, 0.3) is 0 Å². The summed E-state index contributed by atoms with van der Waals surface area (Å²) >= 11 is 11.2. The Morgan fingerprint density at radius 2 is 2.00 bits per heavy atom. The van der Waals surface area contributed by atoms with Gasteiger partial charge in [-0.2, -0.15) is 0 Å². The minimum absolute atomic E-state index is 0.295. The highest BCUT2D eigenvalue weighted by Crippen LogP contribution is 2.24. The second kappa shape index (κ2) is 5.90. The van der Waals surface area contributed by atoms with Crippen LogP contribution >= 0.6 is 23.2 Å². The maximum atomic E-state index is 5.74. The van der Waals surface area contributed by atoms with Crippen molar-refractivity contribution in [1.29, 1.82) is 0 Å². The first-order valence-electron chi connectivity index (χ1n) is 4.55. The highest BCUT2D eigenvalue weighted by Gasteiger charge is 2.21. The number of hydrogen-bond donors (Lipinski definition) is 1. The minimum atomic E-state index is 0.295. The van der Waals surface area contributed by atoms with Crippen molar-refractivity contribution < 1.29 is 0 Å². The molecule has 0 unspecified atom stereocenters. The Labute approximate surface area is 91.5 Å². The summed E-state index contributed by atoms with van der Waals surface area (Å²) in [5.74, 6) is 0.652. The van der Waals surface area contributed by atoms with Gasteiger partial charge < -0.3 is 5.32 Å². The summed E-state index contributed by atoms with van der Waals surface area (Å²) in [6.07, 6.45) is 0. The van der Waals surface area contributed by atoms with Crippen molar-refractivity contribution in [1.82, 2.24) is 5.32 Å². The molecule has 0 atom stereocenters. The predicted octanol–water partition coefficient (Wildman–Crippen LogP) is 3.58. The second-order valence-electron chi connectivity index (χ2n) is 4.30. The molecule has 0 amide bonds. The molecule has 1 nitrogen and oxygen atoms in total. The van der Waals surface area contributed by atoms with Crippen LogP contribution in [0.25, 0.3) is 0 Å². The third kappa shape index (κ3) is 5.56. The molecule has 3 heteroatoms. The first-order chi connectivity index (χ1) is 5.90. The zero-order chi connectivity index (χ0) is 10.5. The van der Waals surface area contributed by atoms with Crippen molar-refractivity contribution in [2.45, 2.75) is 27.7 Å². The van der Waals surface area contributed by atoms with Gasteiger partial charge in [-0.15, -0.1) is 0 Å². The number of nitrogens with one attached hydrogen (secondary N) is 1. The molecule has 78 valence electrons. The number of halogens is 2. The molecule has 0 aliphatic carbocycles.